The van der Waals surface area contributed by atoms with E-state index in [1.807, 2.05) is 54.6 Å². The van der Waals surface area contributed by atoms with Gasteiger partial charge in [-0.3, -0.25) is 9.59 Å². The van der Waals surface area contributed by atoms with Gasteiger partial charge < -0.3 is 4.90 Å². The highest BCUT2D eigenvalue weighted by Gasteiger charge is 2.44. The number of para-hydroxylation sites is 1. The van der Waals surface area contributed by atoms with Crippen molar-refractivity contribution in [3.05, 3.63) is 65.7 Å². The highest BCUT2D eigenvalue weighted by atomic mass is 16.2. The van der Waals surface area contributed by atoms with Crippen LogP contribution >= 0.6 is 0 Å². The van der Waals surface area contributed by atoms with Crippen molar-refractivity contribution in [2.75, 3.05) is 5.01 Å². The summed E-state index contributed by atoms with van der Waals surface area (Å²) < 4.78 is 0. The lowest BCUT2D eigenvalue weighted by atomic mass is 10.0. The number of hydrogen-bond donors (Lipinski definition) is 0. The number of anilines is 1. The van der Waals surface area contributed by atoms with Crippen LogP contribution in [0.5, 0.6) is 0 Å². The first kappa shape index (κ1) is 13.7. The molecule has 0 fully saturated rings. The average molecular weight is 305 g/mol. The number of carbonyl (C=O) groups is 2. The van der Waals surface area contributed by atoms with Crippen LogP contribution in [0.25, 0.3) is 0 Å². The lowest BCUT2D eigenvalue weighted by Gasteiger charge is -2.34. The largest absolute Gasteiger partial charge is 0.332 e. The van der Waals surface area contributed by atoms with Crippen LogP contribution in [0.1, 0.15) is 24.1 Å². The summed E-state index contributed by atoms with van der Waals surface area (Å²) in [5, 5.41) is 5.68. The number of hydrazone groups is 1. The summed E-state index contributed by atoms with van der Waals surface area (Å²) in [4.78, 5) is 26.9. The van der Waals surface area contributed by atoms with E-state index in [2.05, 4.69) is 5.10 Å². The molecule has 2 aliphatic heterocycles. The maximum absolute atomic E-state index is 13.0. The van der Waals surface area contributed by atoms with Gasteiger partial charge in [-0.05, 0) is 23.3 Å². The van der Waals surface area contributed by atoms with E-state index in [0.717, 1.165) is 11.1 Å². The van der Waals surface area contributed by atoms with Crippen molar-refractivity contribution in [1.29, 1.82) is 0 Å². The number of hydrogen-bond acceptors (Lipinski definition) is 4. The first-order chi connectivity index (χ1) is 11.2. The molecule has 1 unspecified atom stereocenters. The zero-order chi connectivity index (χ0) is 16.0. The second kappa shape index (κ2) is 5.05. The summed E-state index contributed by atoms with van der Waals surface area (Å²) in [6.45, 7) is 2.02. The van der Waals surface area contributed by atoms with Crippen LogP contribution in [0.3, 0.4) is 0 Å². The Kier molecular flexibility index (Phi) is 3.01. The third-order valence-electron chi connectivity index (χ3n) is 4.23. The van der Waals surface area contributed by atoms with Crippen molar-refractivity contribution in [1.82, 2.24) is 4.90 Å². The molecule has 0 spiro atoms. The molecule has 1 amide bonds. The van der Waals surface area contributed by atoms with Crippen molar-refractivity contribution < 1.29 is 9.59 Å². The van der Waals surface area contributed by atoms with Crippen molar-refractivity contribution in [3.63, 3.8) is 0 Å². The predicted molar refractivity (Wildman–Crippen MR) is 86.8 cm³/mol. The Morgan fingerprint density at radius 2 is 1.78 bits per heavy atom. The molecule has 1 atom stereocenters. The number of Topliss-reactive ketones (excluding diaryl/α,β-unsaturated/α-hetero) is 1. The van der Waals surface area contributed by atoms with Gasteiger partial charge in [-0.25, -0.2) is 0 Å². The van der Waals surface area contributed by atoms with E-state index in [0.29, 0.717) is 18.1 Å². The van der Waals surface area contributed by atoms with Crippen LogP contribution in [0.2, 0.25) is 0 Å². The SMILES string of the molecule is CC(=O)C1=NN(c2ccccc2)C(=O)C2c3ccccc3CN12. The summed E-state index contributed by atoms with van der Waals surface area (Å²) in [7, 11) is 0. The maximum Gasteiger partial charge on any atom is 0.274 e. The minimum atomic E-state index is -0.484. The second-order valence-corrected chi connectivity index (χ2v) is 5.69. The molecule has 0 N–H and O–H groups in total. The molecule has 114 valence electrons. The van der Waals surface area contributed by atoms with E-state index in [9.17, 15) is 9.59 Å². The molecule has 0 aliphatic carbocycles. The fourth-order valence-corrected chi connectivity index (χ4v) is 3.20. The van der Waals surface area contributed by atoms with E-state index in [-0.39, 0.29) is 11.7 Å². The van der Waals surface area contributed by atoms with Gasteiger partial charge in [0.1, 0.15) is 6.04 Å². The van der Waals surface area contributed by atoms with Crippen LogP contribution in [-0.2, 0) is 16.1 Å². The molecule has 0 saturated carbocycles. The highest BCUT2D eigenvalue weighted by Crippen LogP contribution is 2.38. The van der Waals surface area contributed by atoms with E-state index >= 15 is 0 Å². The quantitative estimate of drug-likeness (QED) is 0.856. The third kappa shape index (κ3) is 2.04. The van der Waals surface area contributed by atoms with Gasteiger partial charge in [0.15, 0.2) is 11.6 Å². The van der Waals surface area contributed by atoms with E-state index in [1.165, 1.54) is 11.9 Å². The summed E-state index contributed by atoms with van der Waals surface area (Å²) >= 11 is 0. The molecule has 5 nitrogen and oxygen atoms in total. The third-order valence-corrected chi connectivity index (χ3v) is 4.23. The summed E-state index contributed by atoms with van der Waals surface area (Å²) in [5.41, 5.74) is 2.68. The number of amides is 1. The monoisotopic (exact) mass is 305 g/mol. The van der Waals surface area contributed by atoms with Crippen molar-refractivity contribution in [3.8, 4) is 0 Å². The summed E-state index contributed by atoms with van der Waals surface area (Å²) in [6.07, 6.45) is 0. The number of rotatable bonds is 2. The minimum absolute atomic E-state index is 0.133. The Hall–Kier alpha value is -2.95. The minimum Gasteiger partial charge on any atom is -0.332 e. The molecule has 2 heterocycles. The van der Waals surface area contributed by atoms with Gasteiger partial charge in [0.25, 0.3) is 5.91 Å². The summed E-state index contributed by atoms with van der Waals surface area (Å²) in [6, 6.07) is 16.5. The predicted octanol–water partition coefficient (Wildman–Crippen LogP) is 2.49. The van der Waals surface area contributed by atoms with Crippen LogP contribution in [-0.4, -0.2) is 22.4 Å². The Morgan fingerprint density at radius 1 is 1.09 bits per heavy atom. The van der Waals surface area contributed by atoms with Crippen molar-refractivity contribution in [2.24, 2.45) is 5.10 Å². The lowest BCUT2D eigenvalue weighted by molar-refractivity contribution is -0.123. The van der Waals surface area contributed by atoms with Gasteiger partial charge in [-0.1, -0.05) is 42.5 Å². The number of nitrogens with zero attached hydrogens (tertiary/aromatic N) is 3. The fourth-order valence-electron chi connectivity index (χ4n) is 3.20. The normalized spacial score (nSPS) is 19.3. The van der Waals surface area contributed by atoms with Gasteiger partial charge in [-0.15, -0.1) is 5.10 Å². The van der Waals surface area contributed by atoms with Crippen molar-refractivity contribution in [2.45, 2.75) is 19.5 Å². The van der Waals surface area contributed by atoms with E-state index < -0.39 is 6.04 Å². The molecule has 2 aromatic rings. The highest BCUT2D eigenvalue weighted by molar-refractivity contribution is 6.39. The Balaban J connectivity index is 1.86. The Bertz CT molecular complexity index is 829. The van der Waals surface area contributed by atoms with Crippen LogP contribution in [0.4, 0.5) is 5.69 Å². The van der Waals surface area contributed by atoms with Gasteiger partial charge in [-0.2, -0.15) is 5.01 Å². The number of ketones is 1. The first-order valence-electron chi connectivity index (χ1n) is 7.50. The molecule has 0 saturated heterocycles. The fraction of sp³-hybridized carbons (Fsp3) is 0.167. The molecular weight excluding hydrogens is 290 g/mol. The van der Waals surface area contributed by atoms with E-state index in [4.69, 9.17) is 0 Å². The molecular formula is C18H15N3O2. The maximum atomic E-state index is 13.0. The van der Waals surface area contributed by atoms with E-state index in [1.54, 1.807) is 4.90 Å². The zero-order valence-corrected chi connectivity index (χ0v) is 12.6. The molecule has 2 aromatic carbocycles. The topological polar surface area (TPSA) is 53.0 Å². The lowest BCUT2D eigenvalue weighted by Crippen LogP contribution is -2.48. The Labute approximate surface area is 133 Å². The number of carbonyl (C=O) groups excluding carboxylic acids is 2. The number of amidine groups is 1. The molecule has 0 radical (unpaired) electrons. The van der Waals surface area contributed by atoms with Crippen LogP contribution in [0, 0.1) is 0 Å². The van der Waals surface area contributed by atoms with Crippen LogP contribution < -0.4 is 5.01 Å². The molecule has 4 rings (SSSR count). The van der Waals surface area contributed by atoms with Gasteiger partial charge in [0, 0.05) is 13.5 Å². The molecule has 23 heavy (non-hydrogen) atoms. The van der Waals surface area contributed by atoms with Crippen LogP contribution in [0.15, 0.2) is 59.7 Å². The molecule has 5 heteroatoms. The first-order valence-corrected chi connectivity index (χ1v) is 7.50. The molecule has 2 aliphatic rings. The smallest absolute Gasteiger partial charge is 0.274 e. The standard InChI is InChI=1S/C18H15N3O2/c1-12(22)17-19-21(14-8-3-2-4-9-14)18(23)16-15-10-6-5-7-13(15)11-20(16)17/h2-10,16H,11H2,1H3. The molecule has 0 aromatic heterocycles. The number of fused-ring (bicyclic) bond motifs is 3. The summed E-state index contributed by atoms with van der Waals surface area (Å²) in [5.74, 6) is 0.0528. The number of benzene rings is 2. The Morgan fingerprint density at radius 3 is 2.52 bits per heavy atom. The van der Waals surface area contributed by atoms with Gasteiger partial charge in [0.05, 0.1) is 5.69 Å². The average Bonchev–Trinajstić information content (AvgIpc) is 2.95. The second-order valence-electron chi connectivity index (χ2n) is 5.69. The van der Waals surface area contributed by atoms with Gasteiger partial charge >= 0.3 is 0 Å². The molecule has 0 bridgehead atoms. The van der Waals surface area contributed by atoms with Gasteiger partial charge in [0.2, 0.25) is 0 Å². The zero-order valence-electron chi connectivity index (χ0n) is 12.6. The van der Waals surface area contributed by atoms with Crippen molar-refractivity contribution >= 4 is 23.2 Å².